The summed E-state index contributed by atoms with van der Waals surface area (Å²) in [5, 5.41) is 3.51. The first-order valence-electron chi connectivity index (χ1n) is 5.74. The first kappa shape index (κ1) is 15.0. The zero-order valence-electron chi connectivity index (χ0n) is 11.0. The van der Waals surface area contributed by atoms with Crippen LogP contribution in [0.15, 0.2) is 18.2 Å². The molecule has 0 fully saturated rings. The van der Waals surface area contributed by atoms with Crippen molar-refractivity contribution in [3.8, 4) is 5.75 Å². The number of halogens is 1. The second-order valence-corrected chi connectivity index (χ2v) is 5.05. The standard InChI is InChI=1S/C13H19BrN2O2/c1-16(2)9-10-4-5-12(18-3)11(8-10)15-13(17)6-7-14/h4-5,8H,6-7,9H2,1-3H3,(H,15,17). The zero-order valence-corrected chi connectivity index (χ0v) is 12.6. The third-order valence-electron chi connectivity index (χ3n) is 2.36. The molecule has 18 heavy (non-hydrogen) atoms. The van der Waals surface area contributed by atoms with Gasteiger partial charge in [-0.1, -0.05) is 22.0 Å². The lowest BCUT2D eigenvalue weighted by Crippen LogP contribution is -2.14. The van der Waals surface area contributed by atoms with E-state index in [0.717, 1.165) is 17.8 Å². The fourth-order valence-electron chi connectivity index (χ4n) is 1.61. The Hall–Kier alpha value is -1.07. The molecule has 0 radical (unpaired) electrons. The van der Waals surface area contributed by atoms with E-state index in [0.29, 0.717) is 17.5 Å². The van der Waals surface area contributed by atoms with Gasteiger partial charge in [-0.2, -0.15) is 0 Å². The molecule has 0 saturated carbocycles. The van der Waals surface area contributed by atoms with Gasteiger partial charge in [0.25, 0.3) is 0 Å². The molecule has 0 aliphatic heterocycles. The van der Waals surface area contributed by atoms with Crippen LogP contribution in [0.4, 0.5) is 5.69 Å². The maximum absolute atomic E-state index is 11.6. The number of hydrogen-bond donors (Lipinski definition) is 1. The summed E-state index contributed by atoms with van der Waals surface area (Å²) in [6, 6.07) is 5.83. The highest BCUT2D eigenvalue weighted by Crippen LogP contribution is 2.26. The molecule has 0 aromatic heterocycles. The van der Waals surface area contributed by atoms with Crippen molar-refractivity contribution in [3.63, 3.8) is 0 Å². The number of methoxy groups -OCH3 is 1. The first-order chi connectivity index (χ1) is 8.56. The van der Waals surface area contributed by atoms with E-state index >= 15 is 0 Å². The molecule has 0 aliphatic rings. The second-order valence-electron chi connectivity index (χ2n) is 4.26. The third kappa shape index (κ3) is 4.66. The van der Waals surface area contributed by atoms with Crippen LogP contribution in [0.2, 0.25) is 0 Å². The molecule has 0 atom stereocenters. The number of anilines is 1. The molecule has 4 nitrogen and oxygen atoms in total. The van der Waals surface area contributed by atoms with Crippen molar-refractivity contribution >= 4 is 27.5 Å². The Balaban J connectivity index is 2.88. The van der Waals surface area contributed by atoms with E-state index in [1.165, 1.54) is 0 Å². The lowest BCUT2D eigenvalue weighted by atomic mass is 10.1. The molecule has 100 valence electrons. The molecule has 1 rings (SSSR count). The predicted molar refractivity (Wildman–Crippen MR) is 77.4 cm³/mol. The maximum atomic E-state index is 11.6. The molecule has 0 unspecified atom stereocenters. The van der Waals surface area contributed by atoms with Crippen LogP contribution in [0.3, 0.4) is 0 Å². The molecular weight excluding hydrogens is 296 g/mol. The van der Waals surface area contributed by atoms with Crippen LogP contribution < -0.4 is 10.1 Å². The van der Waals surface area contributed by atoms with Gasteiger partial charge < -0.3 is 15.0 Å². The average molecular weight is 315 g/mol. The number of rotatable bonds is 6. The summed E-state index contributed by atoms with van der Waals surface area (Å²) >= 11 is 3.25. The molecule has 0 saturated heterocycles. The summed E-state index contributed by atoms with van der Waals surface area (Å²) < 4.78 is 5.24. The minimum Gasteiger partial charge on any atom is -0.495 e. The van der Waals surface area contributed by atoms with E-state index < -0.39 is 0 Å². The Bertz CT molecular complexity index is 408. The van der Waals surface area contributed by atoms with Gasteiger partial charge in [-0.25, -0.2) is 0 Å². The molecule has 1 aromatic rings. The van der Waals surface area contributed by atoms with E-state index in [1.807, 2.05) is 32.3 Å². The van der Waals surface area contributed by atoms with E-state index in [2.05, 4.69) is 26.1 Å². The molecule has 5 heteroatoms. The van der Waals surface area contributed by atoms with Gasteiger partial charge in [-0.05, 0) is 31.8 Å². The topological polar surface area (TPSA) is 41.6 Å². The smallest absolute Gasteiger partial charge is 0.225 e. The van der Waals surface area contributed by atoms with Crippen LogP contribution in [0.25, 0.3) is 0 Å². The minimum atomic E-state index is -0.0211. The summed E-state index contributed by atoms with van der Waals surface area (Å²) in [5.74, 6) is 0.660. The lowest BCUT2D eigenvalue weighted by molar-refractivity contribution is -0.115. The predicted octanol–water partition coefficient (Wildman–Crippen LogP) is 2.48. The van der Waals surface area contributed by atoms with Gasteiger partial charge in [0.15, 0.2) is 0 Å². The highest BCUT2D eigenvalue weighted by atomic mass is 79.9. The quantitative estimate of drug-likeness (QED) is 0.820. The highest BCUT2D eigenvalue weighted by Gasteiger charge is 2.08. The van der Waals surface area contributed by atoms with Crippen molar-refractivity contribution < 1.29 is 9.53 Å². The van der Waals surface area contributed by atoms with Gasteiger partial charge in [0.1, 0.15) is 5.75 Å². The number of nitrogens with zero attached hydrogens (tertiary/aromatic N) is 1. The zero-order chi connectivity index (χ0) is 13.5. The van der Waals surface area contributed by atoms with Crippen LogP contribution in [-0.4, -0.2) is 37.3 Å². The third-order valence-corrected chi connectivity index (χ3v) is 2.75. The van der Waals surface area contributed by atoms with E-state index in [9.17, 15) is 4.79 Å². The fourth-order valence-corrected chi connectivity index (χ4v) is 1.97. The molecule has 1 N–H and O–H groups in total. The van der Waals surface area contributed by atoms with Crippen LogP contribution >= 0.6 is 15.9 Å². The summed E-state index contributed by atoms with van der Waals surface area (Å²) in [7, 11) is 5.61. The molecular formula is C13H19BrN2O2. The number of hydrogen-bond acceptors (Lipinski definition) is 3. The summed E-state index contributed by atoms with van der Waals surface area (Å²) in [4.78, 5) is 13.7. The lowest BCUT2D eigenvalue weighted by Gasteiger charge is -2.14. The number of alkyl halides is 1. The van der Waals surface area contributed by atoms with Crippen molar-refractivity contribution in [1.29, 1.82) is 0 Å². The Kier molecular flexibility index (Phi) is 6.15. The molecule has 1 aromatic carbocycles. The highest BCUT2D eigenvalue weighted by molar-refractivity contribution is 9.09. The number of nitrogens with one attached hydrogen (secondary N) is 1. The molecule has 1 amide bonds. The number of carbonyl (C=O) groups is 1. The van der Waals surface area contributed by atoms with Gasteiger partial charge in [-0.3, -0.25) is 4.79 Å². The first-order valence-corrected chi connectivity index (χ1v) is 6.86. The fraction of sp³-hybridized carbons (Fsp3) is 0.462. The summed E-state index contributed by atoms with van der Waals surface area (Å²) in [5.41, 5.74) is 1.86. The van der Waals surface area contributed by atoms with Crippen LogP contribution in [0, 0.1) is 0 Å². The van der Waals surface area contributed by atoms with Crippen molar-refractivity contribution in [2.24, 2.45) is 0 Å². The van der Waals surface area contributed by atoms with E-state index in [1.54, 1.807) is 7.11 Å². The van der Waals surface area contributed by atoms with Crippen LogP contribution in [-0.2, 0) is 11.3 Å². The Morgan fingerprint density at radius 3 is 2.72 bits per heavy atom. The average Bonchev–Trinajstić information content (AvgIpc) is 2.28. The number of ether oxygens (including phenoxy) is 1. The largest absolute Gasteiger partial charge is 0.495 e. The van der Waals surface area contributed by atoms with Gasteiger partial charge in [0, 0.05) is 18.3 Å². The van der Waals surface area contributed by atoms with Crippen molar-refractivity contribution in [2.45, 2.75) is 13.0 Å². The normalized spacial score (nSPS) is 10.5. The Labute approximate surface area is 116 Å². The number of benzene rings is 1. The van der Waals surface area contributed by atoms with E-state index in [4.69, 9.17) is 4.74 Å². The van der Waals surface area contributed by atoms with Crippen LogP contribution in [0.1, 0.15) is 12.0 Å². The molecule has 0 spiro atoms. The summed E-state index contributed by atoms with van der Waals surface area (Å²) in [6.45, 7) is 0.825. The Morgan fingerprint density at radius 2 is 2.17 bits per heavy atom. The van der Waals surface area contributed by atoms with Crippen molar-refractivity contribution in [1.82, 2.24) is 4.90 Å². The van der Waals surface area contributed by atoms with Gasteiger partial charge in [0.2, 0.25) is 5.91 Å². The molecule has 0 heterocycles. The number of amides is 1. The SMILES string of the molecule is COc1ccc(CN(C)C)cc1NC(=O)CCBr. The Morgan fingerprint density at radius 1 is 1.44 bits per heavy atom. The number of carbonyl (C=O) groups excluding carboxylic acids is 1. The second kappa shape index (κ2) is 7.38. The van der Waals surface area contributed by atoms with Crippen molar-refractivity contribution in [3.05, 3.63) is 23.8 Å². The van der Waals surface area contributed by atoms with Gasteiger partial charge in [0.05, 0.1) is 12.8 Å². The molecule has 0 aliphatic carbocycles. The molecule has 0 bridgehead atoms. The van der Waals surface area contributed by atoms with Crippen LogP contribution in [0.5, 0.6) is 5.75 Å². The van der Waals surface area contributed by atoms with E-state index in [-0.39, 0.29) is 5.91 Å². The monoisotopic (exact) mass is 314 g/mol. The minimum absolute atomic E-state index is 0.0211. The van der Waals surface area contributed by atoms with Crippen molar-refractivity contribution in [2.75, 3.05) is 31.9 Å². The van der Waals surface area contributed by atoms with Gasteiger partial charge in [-0.15, -0.1) is 0 Å². The van der Waals surface area contributed by atoms with Gasteiger partial charge >= 0.3 is 0 Å². The maximum Gasteiger partial charge on any atom is 0.225 e. The summed E-state index contributed by atoms with van der Waals surface area (Å²) in [6.07, 6.45) is 0.445.